The Morgan fingerprint density at radius 1 is 1.20 bits per heavy atom. The van der Waals surface area contributed by atoms with Crippen LogP contribution >= 0.6 is 0 Å². The molecule has 0 radical (unpaired) electrons. The van der Waals surface area contributed by atoms with Crippen molar-refractivity contribution in [3.8, 4) is 5.75 Å². The van der Waals surface area contributed by atoms with Crippen molar-refractivity contribution in [3.05, 3.63) is 29.8 Å². The van der Waals surface area contributed by atoms with Gasteiger partial charge in [0.25, 0.3) is 0 Å². The van der Waals surface area contributed by atoms with Crippen LogP contribution in [0.15, 0.2) is 24.3 Å². The van der Waals surface area contributed by atoms with Crippen molar-refractivity contribution in [1.29, 1.82) is 0 Å². The third-order valence-corrected chi connectivity index (χ3v) is 3.98. The molecule has 0 amide bonds. The van der Waals surface area contributed by atoms with Gasteiger partial charge in [-0.15, -0.1) is 0 Å². The van der Waals surface area contributed by atoms with E-state index >= 15 is 0 Å². The van der Waals surface area contributed by atoms with Gasteiger partial charge in [-0.25, -0.2) is 5.43 Å². The van der Waals surface area contributed by atoms with Crippen LogP contribution in [-0.4, -0.2) is 26.2 Å². The SMILES string of the molecule is CCCCOc1ccc(C2NNC(C)C2CNC)cc1. The van der Waals surface area contributed by atoms with Crippen molar-refractivity contribution in [3.63, 3.8) is 0 Å². The van der Waals surface area contributed by atoms with E-state index in [4.69, 9.17) is 4.74 Å². The molecule has 0 aromatic heterocycles. The van der Waals surface area contributed by atoms with Gasteiger partial charge in [-0.3, -0.25) is 5.43 Å². The second-order valence-electron chi connectivity index (χ2n) is 5.55. The summed E-state index contributed by atoms with van der Waals surface area (Å²) in [6.45, 7) is 6.20. The van der Waals surface area contributed by atoms with E-state index in [0.29, 0.717) is 18.0 Å². The lowest BCUT2D eigenvalue weighted by atomic mass is 9.90. The summed E-state index contributed by atoms with van der Waals surface area (Å²) in [6, 6.07) is 9.30. The molecule has 1 aromatic carbocycles. The molecule has 0 bridgehead atoms. The van der Waals surface area contributed by atoms with Crippen molar-refractivity contribution in [2.75, 3.05) is 20.2 Å². The molecule has 0 aliphatic carbocycles. The summed E-state index contributed by atoms with van der Waals surface area (Å²) in [7, 11) is 2.01. The van der Waals surface area contributed by atoms with E-state index in [1.54, 1.807) is 0 Å². The zero-order chi connectivity index (χ0) is 14.4. The maximum atomic E-state index is 5.71. The third kappa shape index (κ3) is 3.72. The first kappa shape index (κ1) is 15.3. The van der Waals surface area contributed by atoms with Crippen molar-refractivity contribution in [2.45, 2.75) is 38.8 Å². The summed E-state index contributed by atoms with van der Waals surface area (Å²) < 4.78 is 5.71. The molecule has 3 unspecified atom stereocenters. The predicted molar refractivity (Wildman–Crippen MR) is 82.7 cm³/mol. The number of hydrazine groups is 1. The fraction of sp³-hybridized carbons (Fsp3) is 0.625. The van der Waals surface area contributed by atoms with Gasteiger partial charge in [0, 0.05) is 18.5 Å². The fourth-order valence-corrected chi connectivity index (χ4v) is 2.69. The molecule has 20 heavy (non-hydrogen) atoms. The highest BCUT2D eigenvalue weighted by Crippen LogP contribution is 2.29. The first-order valence-electron chi connectivity index (χ1n) is 7.64. The van der Waals surface area contributed by atoms with Crippen LogP contribution < -0.4 is 20.9 Å². The number of hydrogen-bond acceptors (Lipinski definition) is 4. The molecule has 0 spiro atoms. The molecule has 1 fully saturated rings. The lowest BCUT2D eigenvalue weighted by molar-refractivity contribution is 0.309. The number of rotatable bonds is 7. The Morgan fingerprint density at radius 3 is 2.60 bits per heavy atom. The molecule has 3 atom stereocenters. The minimum atomic E-state index is 0.349. The maximum Gasteiger partial charge on any atom is 0.119 e. The van der Waals surface area contributed by atoms with E-state index < -0.39 is 0 Å². The smallest absolute Gasteiger partial charge is 0.119 e. The van der Waals surface area contributed by atoms with Crippen LogP contribution in [0.2, 0.25) is 0 Å². The van der Waals surface area contributed by atoms with Crippen LogP contribution in [0.25, 0.3) is 0 Å². The summed E-state index contributed by atoms with van der Waals surface area (Å²) in [4.78, 5) is 0. The summed E-state index contributed by atoms with van der Waals surface area (Å²) in [5.74, 6) is 1.51. The predicted octanol–water partition coefficient (Wildman–Crippen LogP) is 2.24. The van der Waals surface area contributed by atoms with Crippen molar-refractivity contribution in [2.24, 2.45) is 5.92 Å². The Morgan fingerprint density at radius 2 is 1.95 bits per heavy atom. The number of benzene rings is 1. The molecular weight excluding hydrogens is 250 g/mol. The van der Waals surface area contributed by atoms with E-state index in [9.17, 15) is 0 Å². The Kier molecular flexibility index (Phi) is 5.83. The average Bonchev–Trinajstić information content (AvgIpc) is 2.82. The standard InChI is InChI=1S/C16H27N3O/c1-4-5-10-20-14-8-6-13(7-9-14)16-15(11-17-3)12(2)18-19-16/h6-9,12,15-19H,4-5,10-11H2,1-3H3. The Labute approximate surface area is 122 Å². The summed E-state index contributed by atoms with van der Waals surface area (Å²) >= 11 is 0. The zero-order valence-corrected chi connectivity index (χ0v) is 12.8. The largest absolute Gasteiger partial charge is 0.494 e. The second-order valence-corrected chi connectivity index (χ2v) is 5.55. The molecule has 1 heterocycles. The number of nitrogens with one attached hydrogen (secondary N) is 3. The van der Waals surface area contributed by atoms with Gasteiger partial charge < -0.3 is 10.1 Å². The normalized spacial score (nSPS) is 25.9. The average molecular weight is 277 g/mol. The van der Waals surface area contributed by atoms with Gasteiger partial charge in [0.05, 0.1) is 12.6 Å². The summed E-state index contributed by atoms with van der Waals surface area (Å²) in [5.41, 5.74) is 8.05. The molecule has 1 aliphatic rings. The third-order valence-electron chi connectivity index (χ3n) is 3.98. The van der Waals surface area contributed by atoms with Gasteiger partial charge >= 0.3 is 0 Å². The minimum Gasteiger partial charge on any atom is -0.494 e. The van der Waals surface area contributed by atoms with Crippen LogP contribution in [0.4, 0.5) is 0 Å². The van der Waals surface area contributed by atoms with Crippen LogP contribution in [0.3, 0.4) is 0 Å². The van der Waals surface area contributed by atoms with Gasteiger partial charge in [0.15, 0.2) is 0 Å². The van der Waals surface area contributed by atoms with Crippen LogP contribution in [-0.2, 0) is 0 Å². The van der Waals surface area contributed by atoms with Gasteiger partial charge in [-0.05, 0) is 38.1 Å². The highest BCUT2D eigenvalue weighted by Gasteiger charge is 2.33. The zero-order valence-electron chi connectivity index (χ0n) is 12.8. The monoisotopic (exact) mass is 277 g/mol. The van der Waals surface area contributed by atoms with Crippen LogP contribution in [0.1, 0.15) is 38.3 Å². The molecular formula is C16H27N3O. The van der Waals surface area contributed by atoms with E-state index in [1.807, 2.05) is 7.05 Å². The van der Waals surface area contributed by atoms with Crippen molar-refractivity contribution in [1.82, 2.24) is 16.2 Å². The van der Waals surface area contributed by atoms with Gasteiger partial charge in [-0.1, -0.05) is 25.5 Å². The maximum absolute atomic E-state index is 5.71. The number of unbranched alkanes of at least 4 members (excludes halogenated alkanes) is 1. The van der Waals surface area contributed by atoms with E-state index in [2.05, 4.69) is 54.3 Å². The molecule has 112 valence electrons. The molecule has 4 heteroatoms. The van der Waals surface area contributed by atoms with E-state index in [-0.39, 0.29) is 0 Å². The van der Waals surface area contributed by atoms with Gasteiger partial charge in [-0.2, -0.15) is 0 Å². The Hall–Kier alpha value is -1.10. The van der Waals surface area contributed by atoms with Crippen molar-refractivity contribution >= 4 is 0 Å². The highest BCUT2D eigenvalue weighted by molar-refractivity contribution is 5.30. The lowest BCUT2D eigenvalue weighted by Crippen LogP contribution is -2.31. The van der Waals surface area contributed by atoms with Crippen molar-refractivity contribution < 1.29 is 4.74 Å². The Balaban J connectivity index is 1.98. The highest BCUT2D eigenvalue weighted by atomic mass is 16.5. The van der Waals surface area contributed by atoms with Crippen LogP contribution in [0.5, 0.6) is 5.75 Å². The molecule has 1 aromatic rings. The molecule has 3 N–H and O–H groups in total. The first-order valence-corrected chi connectivity index (χ1v) is 7.64. The molecule has 1 saturated heterocycles. The quantitative estimate of drug-likeness (QED) is 0.669. The number of ether oxygens (including phenoxy) is 1. The first-order chi connectivity index (χ1) is 9.76. The lowest BCUT2D eigenvalue weighted by Gasteiger charge is -2.21. The fourth-order valence-electron chi connectivity index (χ4n) is 2.69. The second kappa shape index (κ2) is 7.62. The van der Waals surface area contributed by atoms with E-state index in [0.717, 1.165) is 25.3 Å². The molecule has 4 nitrogen and oxygen atoms in total. The molecule has 0 saturated carbocycles. The minimum absolute atomic E-state index is 0.349. The number of hydrogen-bond donors (Lipinski definition) is 3. The molecule has 2 rings (SSSR count). The summed E-state index contributed by atoms with van der Waals surface area (Å²) in [5, 5.41) is 3.28. The van der Waals surface area contributed by atoms with Crippen LogP contribution in [0, 0.1) is 5.92 Å². The molecule has 1 aliphatic heterocycles. The van der Waals surface area contributed by atoms with Gasteiger partial charge in [0.1, 0.15) is 5.75 Å². The summed E-state index contributed by atoms with van der Waals surface area (Å²) in [6.07, 6.45) is 2.27. The van der Waals surface area contributed by atoms with Gasteiger partial charge in [0.2, 0.25) is 0 Å². The topological polar surface area (TPSA) is 45.3 Å². The Bertz CT molecular complexity index is 393. The van der Waals surface area contributed by atoms with E-state index in [1.165, 1.54) is 12.0 Å².